The highest BCUT2D eigenvalue weighted by atomic mass is 16.5. The molecule has 0 saturated heterocycles. The molecule has 0 radical (unpaired) electrons. The number of rotatable bonds is 6. The van der Waals surface area contributed by atoms with E-state index in [1.807, 2.05) is 24.3 Å². The first kappa shape index (κ1) is 15.5. The Morgan fingerprint density at radius 3 is 2.64 bits per heavy atom. The van der Waals surface area contributed by atoms with E-state index in [0.29, 0.717) is 12.4 Å². The molecule has 0 aliphatic carbocycles. The molecule has 2 aromatic rings. The van der Waals surface area contributed by atoms with Crippen LogP contribution in [0.3, 0.4) is 0 Å². The molecule has 8 heteroatoms. The minimum Gasteiger partial charge on any atom is -0.497 e. The average Bonchev–Trinajstić information content (AvgIpc) is 2.92. The lowest BCUT2D eigenvalue weighted by molar-refractivity contribution is -0.122. The molecule has 0 aliphatic heterocycles. The second-order valence-electron chi connectivity index (χ2n) is 4.61. The van der Waals surface area contributed by atoms with Gasteiger partial charge in [0.1, 0.15) is 12.3 Å². The number of amides is 2. The first-order valence-corrected chi connectivity index (χ1v) is 6.64. The van der Waals surface area contributed by atoms with Crippen molar-refractivity contribution in [1.82, 2.24) is 20.3 Å². The van der Waals surface area contributed by atoms with Crippen molar-refractivity contribution < 1.29 is 14.3 Å². The van der Waals surface area contributed by atoms with Gasteiger partial charge in [-0.1, -0.05) is 17.3 Å². The number of benzene rings is 1. The first-order valence-electron chi connectivity index (χ1n) is 6.64. The Balaban J connectivity index is 1.82. The maximum atomic E-state index is 11.8. The zero-order valence-electron chi connectivity index (χ0n) is 12.4. The van der Waals surface area contributed by atoms with Crippen molar-refractivity contribution in [3.8, 4) is 5.75 Å². The molecule has 1 aromatic carbocycles. The monoisotopic (exact) mass is 303 g/mol. The van der Waals surface area contributed by atoms with Gasteiger partial charge in [0, 0.05) is 13.5 Å². The fraction of sp³-hybridized carbons (Fsp3) is 0.286. The minimum atomic E-state index is -0.240. The Morgan fingerprint density at radius 2 is 2.00 bits per heavy atom. The van der Waals surface area contributed by atoms with Crippen LogP contribution in [0, 0.1) is 0 Å². The van der Waals surface area contributed by atoms with Crippen molar-refractivity contribution in [2.75, 3.05) is 12.4 Å². The number of nitrogens with one attached hydrogen (secondary N) is 2. The van der Waals surface area contributed by atoms with Crippen LogP contribution in [0.5, 0.6) is 5.75 Å². The first-order chi connectivity index (χ1) is 10.6. The lowest BCUT2D eigenvalue weighted by Gasteiger charge is -2.06. The number of nitrogens with zero attached hydrogens (tertiary/aromatic N) is 3. The van der Waals surface area contributed by atoms with E-state index >= 15 is 0 Å². The molecule has 0 spiro atoms. The van der Waals surface area contributed by atoms with E-state index < -0.39 is 0 Å². The molecule has 0 bridgehead atoms. The van der Waals surface area contributed by atoms with Crippen LogP contribution in [0.1, 0.15) is 12.5 Å². The summed E-state index contributed by atoms with van der Waals surface area (Å²) in [5.41, 5.74) is 0.965. The highest BCUT2D eigenvalue weighted by Crippen LogP contribution is 2.10. The molecule has 2 rings (SSSR count). The summed E-state index contributed by atoms with van der Waals surface area (Å²) in [7, 11) is 1.60. The van der Waals surface area contributed by atoms with Gasteiger partial charge in [-0.3, -0.25) is 9.59 Å². The third-order valence-corrected chi connectivity index (χ3v) is 2.80. The number of anilines is 1. The predicted octanol–water partition coefficient (Wildman–Crippen LogP) is 0.561. The lowest BCUT2D eigenvalue weighted by Crippen LogP contribution is -2.27. The summed E-state index contributed by atoms with van der Waals surface area (Å²) in [4.78, 5) is 22.7. The maximum Gasteiger partial charge on any atom is 0.242 e. The van der Waals surface area contributed by atoms with E-state index in [4.69, 9.17) is 4.74 Å². The van der Waals surface area contributed by atoms with Crippen molar-refractivity contribution >= 4 is 17.6 Å². The number of methoxy groups -OCH3 is 1. The molecule has 0 aliphatic rings. The Labute approximate surface area is 127 Å². The highest BCUT2D eigenvalue weighted by molar-refractivity contribution is 5.87. The van der Waals surface area contributed by atoms with E-state index in [1.54, 1.807) is 7.11 Å². The van der Waals surface area contributed by atoms with Gasteiger partial charge in [-0.2, -0.15) is 0 Å². The highest BCUT2D eigenvalue weighted by Gasteiger charge is 2.06. The maximum absolute atomic E-state index is 11.8. The van der Waals surface area contributed by atoms with Crippen LogP contribution >= 0.6 is 0 Å². The van der Waals surface area contributed by atoms with Gasteiger partial charge >= 0.3 is 0 Å². The molecule has 22 heavy (non-hydrogen) atoms. The van der Waals surface area contributed by atoms with Gasteiger partial charge in [-0.05, 0) is 17.7 Å². The molecule has 0 unspecified atom stereocenters. The smallest absolute Gasteiger partial charge is 0.242 e. The Kier molecular flexibility index (Phi) is 5.07. The second kappa shape index (κ2) is 7.21. The van der Waals surface area contributed by atoms with Crippen LogP contribution in [-0.4, -0.2) is 33.9 Å². The molecule has 2 amide bonds. The summed E-state index contributed by atoms with van der Waals surface area (Å²) >= 11 is 0. The fourth-order valence-corrected chi connectivity index (χ4v) is 1.76. The normalized spacial score (nSPS) is 10.1. The van der Waals surface area contributed by atoms with Gasteiger partial charge in [-0.25, -0.2) is 4.68 Å². The number of ether oxygens (including phenoxy) is 1. The average molecular weight is 303 g/mol. The quantitative estimate of drug-likeness (QED) is 0.812. The predicted molar refractivity (Wildman–Crippen MR) is 79.2 cm³/mol. The molecule has 0 fully saturated rings. The number of carbonyl (C=O) groups excluding carboxylic acids is 2. The Hall–Kier alpha value is -2.90. The molecule has 116 valence electrons. The third-order valence-electron chi connectivity index (χ3n) is 2.80. The van der Waals surface area contributed by atoms with E-state index in [-0.39, 0.29) is 18.4 Å². The van der Waals surface area contributed by atoms with Gasteiger partial charge in [0.2, 0.25) is 11.8 Å². The van der Waals surface area contributed by atoms with Crippen LogP contribution < -0.4 is 15.4 Å². The van der Waals surface area contributed by atoms with Gasteiger partial charge in [0.25, 0.3) is 0 Å². The number of aromatic nitrogens is 3. The van der Waals surface area contributed by atoms with Gasteiger partial charge < -0.3 is 15.4 Å². The van der Waals surface area contributed by atoms with E-state index in [2.05, 4.69) is 20.9 Å². The summed E-state index contributed by atoms with van der Waals surface area (Å²) in [6, 6.07) is 7.42. The molecular formula is C14H17N5O3. The van der Waals surface area contributed by atoms with Crippen molar-refractivity contribution in [1.29, 1.82) is 0 Å². The van der Waals surface area contributed by atoms with Gasteiger partial charge in [0.15, 0.2) is 5.82 Å². The number of hydrogen-bond acceptors (Lipinski definition) is 5. The van der Waals surface area contributed by atoms with E-state index in [1.165, 1.54) is 17.8 Å². The molecule has 1 heterocycles. The largest absolute Gasteiger partial charge is 0.497 e. The van der Waals surface area contributed by atoms with Crippen LogP contribution in [0.15, 0.2) is 30.5 Å². The molecule has 8 nitrogen and oxygen atoms in total. The van der Waals surface area contributed by atoms with Gasteiger partial charge in [0.05, 0.1) is 13.3 Å². The summed E-state index contributed by atoms with van der Waals surface area (Å²) in [6.07, 6.45) is 1.49. The topological polar surface area (TPSA) is 98.1 Å². The number of carbonyl (C=O) groups is 2. The zero-order chi connectivity index (χ0) is 15.9. The van der Waals surface area contributed by atoms with E-state index in [0.717, 1.165) is 11.3 Å². The molecule has 2 N–H and O–H groups in total. The van der Waals surface area contributed by atoms with Crippen molar-refractivity contribution in [2.24, 2.45) is 0 Å². The molecular weight excluding hydrogens is 286 g/mol. The molecule has 0 atom stereocenters. The molecule has 1 aromatic heterocycles. The van der Waals surface area contributed by atoms with Crippen LogP contribution in [0.25, 0.3) is 0 Å². The van der Waals surface area contributed by atoms with E-state index in [9.17, 15) is 9.59 Å². The fourth-order valence-electron chi connectivity index (χ4n) is 1.76. The standard InChI is InChI=1S/C14H17N5O3/c1-10(20)16-13-8-19(18-17-13)9-14(21)15-7-11-3-5-12(22-2)6-4-11/h3-6,8H,7,9H2,1-2H3,(H,15,21)(H,16,20). The van der Waals surface area contributed by atoms with Crippen molar-refractivity contribution in [2.45, 2.75) is 20.0 Å². The SMILES string of the molecule is COc1ccc(CNC(=O)Cn2cc(NC(C)=O)nn2)cc1. The number of hydrogen-bond donors (Lipinski definition) is 2. The van der Waals surface area contributed by atoms with Crippen LogP contribution in [-0.2, 0) is 22.7 Å². The van der Waals surface area contributed by atoms with Gasteiger partial charge in [-0.15, -0.1) is 5.10 Å². The van der Waals surface area contributed by atoms with Crippen LogP contribution in [0.4, 0.5) is 5.82 Å². The summed E-state index contributed by atoms with van der Waals surface area (Å²) in [5.74, 6) is 0.643. The lowest BCUT2D eigenvalue weighted by atomic mass is 10.2. The second-order valence-corrected chi connectivity index (χ2v) is 4.61. The summed E-state index contributed by atoms with van der Waals surface area (Å²) in [5, 5.41) is 12.8. The summed E-state index contributed by atoms with van der Waals surface area (Å²) < 4.78 is 6.42. The minimum absolute atomic E-state index is 0.0305. The van der Waals surface area contributed by atoms with Crippen molar-refractivity contribution in [3.63, 3.8) is 0 Å². The van der Waals surface area contributed by atoms with Crippen LogP contribution in [0.2, 0.25) is 0 Å². The van der Waals surface area contributed by atoms with Crippen molar-refractivity contribution in [3.05, 3.63) is 36.0 Å². The molecule has 0 saturated carbocycles. The summed E-state index contributed by atoms with van der Waals surface area (Å²) in [6.45, 7) is 1.82. The zero-order valence-corrected chi connectivity index (χ0v) is 12.4. The Bertz CT molecular complexity index is 651. The third kappa shape index (κ3) is 4.58. The Morgan fingerprint density at radius 1 is 1.27 bits per heavy atom.